The van der Waals surface area contributed by atoms with Gasteiger partial charge in [0.1, 0.15) is 11.6 Å². The van der Waals surface area contributed by atoms with E-state index in [1.807, 2.05) is 18.4 Å². The van der Waals surface area contributed by atoms with Crippen molar-refractivity contribution < 1.29 is 8.78 Å². The van der Waals surface area contributed by atoms with Crippen molar-refractivity contribution in [2.24, 2.45) is 0 Å². The van der Waals surface area contributed by atoms with Crippen LogP contribution >= 0.6 is 11.3 Å². The van der Waals surface area contributed by atoms with Crippen LogP contribution < -0.4 is 0 Å². The maximum atomic E-state index is 13.4. The predicted octanol–water partition coefficient (Wildman–Crippen LogP) is 4.00. The van der Waals surface area contributed by atoms with Crippen molar-refractivity contribution in [3.05, 3.63) is 46.8 Å². The van der Waals surface area contributed by atoms with E-state index in [4.69, 9.17) is 0 Å². The highest BCUT2D eigenvalue weighted by Crippen LogP contribution is 2.31. The van der Waals surface area contributed by atoms with Crippen LogP contribution in [0.15, 0.2) is 29.6 Å². The topological polar surface area (TPSA) is 0 Å². The van der Waals surface area contributed by atoms with Crippen LogP contribution in [0, 0.1) is 18.6 Å². The van der Waals surface area contributed by atoms with Gasteiger partial charge in [-0.05, 0) is 42.1 Å². The lowest BCUT2D eigenvalue weighted by atomic mass is 10.1. The van der Waals surface area contributed by atoms with E-state index in [0.717, 1.165) is 22.6 Å². The third-order valence-corrected chi connectivity index (χ3v) is 3.08. The second-order valence-corrected chi connectivity index (χ2v) is 3.97. The molecule has 1 heterocycles. The summed E-state index contributed by atoms with van der Waals surface area (Å²) in [5.41, 5.74) is 1.32. The monoisotopic (exact) mass is 210 g/mol. The summed E-state index contributed by atoms with van der Waals surface area (Å²) < 4.78 is 26.3. The quantitative estimate of drug-likeness (QED) is 0.667. The van der Waals surface area contributed by atoms with Crippen molar-refractivity contribution in [1.29, 1.82) is 0 Å². The SMILES string of the molecule is Cc1ccsc1-c1cc(F)ccc1F. The van der Waals surface area contributed by atoms with E-state index in [1.54, 1.807) is 0 Å². The Kier molecular flexibility index (Phi) is 2.33. The first-order valence-electron chi connectivity index (χ1n) is 4.18. The zero-order valence-electron chi connectivity index (χ0n) is 7.55. The molecule has 0 spiro atoms. The molecule has 3 heteroatoms. The van der Waals surface area contributed by atoms with Gasteiger partial charge in [0.15, 0.2) is 0 Å². The lowest BCUT2D eigenvalue weighted by Gasteiger charge is -2.01. The van der Waals surface area contributed by atoms with E-state index in [0.29, 0.717) is 5.56 Å². The van der Waals surface area contributed by atoms with E-state index in [1.165, 1.54) is 17.4 Å². The number of aryl methyl sites for hydroxylation is 1. The lowest BCUT2D eigenvalue weighted by molar-refractivity contribution is 0.603. The van der Waals surface area contributed by atoms with Crippen molar-refractivity contribution in [2.75, 3.05) is 0 Å². The summed E-state index contributed by atoms with van der Waals surface area (Å²) in [7, 11) is 0. The molecule has 0 radical (unpaired) electrons. The lowest BCUT2D eigenvalue weighted by Crippen LogP contribution is -1.85. The molecule has 0 unspecified atom stereocenters. The van der Waals surface area contributed by atoms with Crippen LogP contribution in [0.4, 0.5) is 8.78 Å². The van der Waals surface area contributed by atoms with E-state index >= 15 is 0 Å². The molecular weight excluding hydrogens is 202 g/mol. The predicted molar refractivity (Wildman–Crippen MR) is 54.4 cm³/mol. The van der Waals surface area contributed by atoms with Crippen molar-refractivity contribution >= 4 is 11.3 Å². The average Bonchev–Trinajstić information content (AvgIpc) is 2.56. The minimum Gasteiger partial charge on any atom is -0.207 e. The van der Waals surface area contributed by atoms with Gasteiger partial charge in [-0.1, -0.05) is 0 Å². The number of hydrogen-bond acceptors (Lipinski definition) is 1. The van der Waals surface area contributed by atoms with Gasteiger partial charge in [0, 0.05) is 10.4 Å². The zero-order valence-corrected chi connectivity index (χ0v) is 8.37. The molecule has 0 amide bonds. The van der Waals surface area contributed by atoms with Crippen LogP contribution in [-0.4, -0.2) is 0 Å². The molecule has 0 atom stereocenters. The fourth-order valence-corrected chi connectivity index (χ4v) is 2.27. The molecule has 2 rings (SSSR count). The Morgan fingerprint density at radius 3 is 2.57 bits per heavy atom. The molecular formula is C11H8F2S. The van der Waals surface area contributed by atoms with Gasteiger partial charge < -0.3 is 0 Å². The zero-order chi connectivity index (χ0) is 10.1. The van der Waals surface area contributed by atoms with Crippen LogP contribution in [0.1, 0.15) is 5.56 Å². The first-order valence-corrected chi connectivity index (χ1v) is 5.06. The van der Waals surface area contributed by atoms with Crippen molar-refractivity contribution in [3.8, 4) is 10.4 Å². The molecule has 0 saturated heterocycles. The van der Waals surface area contributed by atoms with Crippen LogP contribution in [-0.2, 0) is 0 Å². The highest BCUT2D eigenvalue weighted by molar-refractivity contribution is 7.13. The number of hydrogen-bond donors (Lipinski definition) is 0. The Hall–Kier alpha value is -1.22. The van der Waals surface area contributed by atoms with Gasteiger partial charge in [-0.2, -0.15) is 0 Å². The van der Waals surface area contributed by atoms with Crippen molar-refractivity contribution in [3.63, 3.8) is 0 Å². The maximum Gasteiger partial charge on any atom is 0.132 e. The fraction of sp³-hybridized carbons (Fsp3) is 0.0909. The first-order chi connectivity index (χ1) is 6.68. The molecule has 1 aromatic carbocycles. The number of thiophene rings is 1. The average molecular weight is 210 g/mol. The van der Waals surface area contributed by atoms with Crippen molar-refractivity contribution in [2.45, 2.75) is 6.92 Å². The summed E-state index contributed by atoms with van der Waals surface area (Å²) in [6, 6.07) is 5.41. The van der Waals surface area contributed by atoms with E-state index < -0.39 is 5.82 Å². The number of benzene rings is 1. The Morgan fingerprint density at radius 1 is 1.14 bits per heavy atom. The summed E-state index contributed by atoms with van der Waals surface area (Å²) in [4.78, 5) is 0.794. The third-order valence-electron chi connectivity index (χ3n) is 2.04. The number of halogens is 2. The first kappa shape index (κ1) is 9.34. The highest BCUT2D eigenvalue weighted by atomic mass is 32.1. The number of rotatable bonds is 1. The minimum absolute atomic E-state index is 0.345. The fourth-order valence-electron chi connectivity index (χ4n) is 1.32. The van der Waals surface area contributed by atoms with Gasteiger partial charge >= 0.3 is 0 Å². The van der Waals surface area contributed by atoms with Crippen LogP contribution in [0.5, 0.6) is 0 Å². The van der Waals surface area contributed by atoms with Crippen LogP contribution in [0.2, 0.25) is 0 Å². The van der Waals surface area contributed by atoms with Gasteiger partial charge in [-0.15, -0.1) is 11.3 Å². The molecule has 0 aliphatic heterocycles. The molecule has 0 nitrogen and oxygen atoms in total. The van der Waals surface area contributed by atoms with Crippen LogP contribution in [0.3, 0.4) is 0 Å². The van der Waals surface area contributed by atoms with Gasteiger partial charge in [0.25, 0.3) is 0 Å². The molecule has 0 aliphatic carbocycles. The highest BCUT2D eigenvalue weighted by Gasteiger charge is 2.09. The molecule has 0 bridgehead atoms. The normalized spacial score (nSPS) is 10.5. The second kappa shape index (κ2) is 3.50. The largest absolute Gasteiger partial charge is 0.207 e. The molecule has 0 saturated carbocycles. The molecule has 14 heavy (non-hydrogen) atoms. The Labute approximate surface area is 84.8 Å². The maximum absolute atomic E-state index is 13.4. The molecule has 72 valence electrons. The standard InChI is InChI=1S/C11H8F2S/c1-7-4-5-14-11(7)9-6-8(12)2-3-10(9)13/h2-6H,1H3. The van der Waals surface area contributed by atoms with E-state index in [9.17, 15) is 8.78 Å². The van der Waals surface area contributed by atoms with E-state index in [-0.39, 0.29) is 5.82 Å². The molecule has 0 N–H and O–H groups in total. The Morgan fingerprint density at radius 2 is 1.93 bits per heavy atom. The summed E-state index contributed by atoms with van der Waals surface area (Å²) >= 11 is 1.42. The second-order valence-electron chi connectivity index (χ2n) is 3.06. The van der Waals surface area contributed by atoms with Gasteiger partial charge in [-0.3, -0.25) is 0 Å². The van der Waals surface area contributed by atoms with Gasteiger partial charge in [-0.25, -0.2) is 8.78 Å². The Bertz CT molecular complexity index is 460. The third kappa shape index (κ3) is 1.55. The van der Waals surface area contributed by atoms with E-state index in [2.05, 4.69) is 0 Å². The molecule has 2 aromatic rings. The molecule has 0 aliphatic rings. The summed E-state index contributed by atoms with van der Waals surface area (Å²) in [6.45, 7) is 1.89. The van der Waals surface area contributed by atoms with Crippen LogP contribution in [0.25, 0.3) is 10.4 Å². The van der Waals surface area contributed by atoms with Gasteiger partial charge in [0.2, 0.25) is 0 Å². The minimum atomic E-state index is -0.408. The summed E-state index contributed by atoms with van der Waals surface area (Å²) in [6.07, 6.45) is 0. The molecule has 0 fully saturated rings. The smallest absolute Gasteiger partial charge is 0.132 e. The Balaban J connectivity index is 2.62. The molecule has 1 aromatic heterocycles. The van der Waals surface area contributed by atoms with Crippen molar-refractivity contribution in [1.82, 2.24) is 0 Å². The van der Waals surface area contributed by atoms with Gasteiger partial charge in [0.05, 0.1) is 0 Å². The summed E-state index contributed by atoms with van der Waals surface area (Å²) in [5, 5.41) is 1.87. The summed E-state index contributed by atoms with van der Waals surface area (Å²) in [5.74, 6) is -0.786.